The minimum atomic E-state index is -1.17. The monoisotopic (exact) mass is 283 g/mol. The normalized spacial score (nSPS) is 16.1. The molecule has 0 spiro atoms. The van der Waals surface area contributed by atoms with Crippen LogP contribution in [0.2, 0.25) is 0 Å². The molecule has 0 bridgehead atoms. The fourth-order valence-electron chi connectivity index (χ4n) is 2.34. The summed E-state index contributed by atoms with van der Waals surface area (Å²) in [6.45, 7) is 4.87. The Morgan fingerprint density at radius 1 is 1.35 bits per heavy atom. The number of ether oxygens (including phenoxy) is 1. The van der Waals surface area contributed by atoms with Crippen molar-refractivity contribution in [3.8, 4) is 0 Å². The second-order valence-electron chi connectivity index (χ2n) is 5.65. The first-order valence-corrected chi connectivity index (χ1v) is 6.71. The van der Waals surface area contributed by atoms with E-state index in [9.17, 15) is 13.6 Å². The number of halogens is 2. The summed E-state index contributed by atoms with van der Waals surface area (Å²) in [6, 6.07) is 2.61. The van der Waals surface area contributed by atoms with E-state index >= 15 is 0 Å². The molecular weight excluding hydrogens is 264 g/mol. The molecule has 1 aromatic rings. The first-order valence-electron chi connectivity index (χ1n) is 6.71. The second kappa shape index (κ2) is 5.38. The number of rotatable bonds is 5. The zero-order chi connectivity index (χ0) is 14.9. The molecule has 1 fully saturated rings. The largest absolute Gasteiger partial charge is 0.465 e. The van der Waals surface area contributed by atoms with Gasteiger partial charge in [0.2, 0.25) is 0 Å². The summed E-state index contributed by atoms with van der Waals surface area (Å²) < 4.78 is 32.1. The van der Waals surface area contributed by atoms with Crippen LogP contribution in [-0.4, -0.2) is 19.6 Å². The summed E-state index contributed by atoms with van der Waals surface area (Å²) in [6.07, 6.45) is 2.20. The molecule has 5 heteroatoms. The molecule has 20 heavy (non-hydrogen) atoms. The number of benzene rings is 1. The summed E-state index contributed by atoms with van der Waals surface area (Å²) >= 11 is 0. The van der Waals surface area contributed by atoms with E-state index in [4.69, 9.17) is 0 Å². The van der Waals surface area contributed by atoms with E-state index in [0.29, 0.717) is 12.5 Å². The maximum atomic E-state index is 13.9. The highest BCUT2D eigenvalue weighted by atomic mass is 19.2. The lowest BCUT2D eigenvalue weighted by molar-refractivity contribution is 0.0594. The molecular formula is C15H19F2NO2. The number of hydrogen-bond donors (Lipinski definition) is 1. The van der Waals surface area contributed by atoms with Gasteiger partial charge < -0.3 is 10.1 Å². The molecule has 110 valence electrons. The number of anilines is 1. The van der Waals surface area contributed by atoms with Crippen molar-refractivity contribution in [3.63, 3.8) is 0 Å². The highest BCUT2D eigenvalue weighted by Gasteiger charge is 2.45. The van der Waals surface area contributed by atoms with Crippen molar-refractivity contribution in [2.75, 3.05) is 19.0 Å². The molecule has 1 aliphatic carbocycles. The van der Waals surface area contributed by atoms with Crippen molar-refractivity contribution in [2.45, 2.75) is 26.7 Å². The third-order valence-corrected chi connectivity index (χ3v) is 4.24. The lowest BCUT2D eigenvalue weighted by atomic mass is 9.92. The smallest absolute Gasteiger partial charge is 0.340 e. The molecule has 0 saturated heterocycles. The van der Waals surface area contributed by atoms with Crippen LogP contribution < -0.4 is 5.32 Å². The van der Waals surface area contributed by atoms with Gasteiger partial charge in [0.05, 0.1) is 18.4 Å². The van der Waals surface area contributed by atoms with Crippen molar-refractivity contribution in [3.05, 3.63) is 29.3 Å². The number of methoxy groups -OCH3 is 1. The zero-order valence-electron chi connectivity index (χ0n) is 11.9. The van der Waals surface area contributed by atoms with Crippen molar-refractivity contribution < 1.29 is 18.3 Å². The fraction of sp³-hybridized carbons (Fsp3) is 0.533. The van der Waals surface area contributed by atoms with Crippen LogP contribution >= 0.6 is 0 Å². The van der Waals surface area contributed by atoms with Crippen LogP contribution in [0.4, 0.5) is 14.5 Å². The first-order chi connectivity index (χ1) is 9.41. The molecule has 1 N–H and O–H groups in total. The SMILES string of the molecule is COC(=O)c1ccc(NCC2(C(C)C)CC2)c(F)c1F. The molecule has 0 unspecified atom stereocenters. The van der Waals surface area contributed by atoms with Gasteiger partial charge in [0.25, 0.3) is 0 Å². The van der Waals surface area contributed by atoms with Crippen LogP contribution in [0.15, 0.2) is 12.1 Å². The van der Waals surface area contributed by atoms with Crippen LogP contribution in [0.5, 0.6) is 0 Å². The summed E-state index contributed by atoms with van der Waals surface area (Å²) in [4.78, 5) is 11.3. The van der Waals surface area contributed by atoms with Gasteiger partial charge in [0.15, 0.2) is 11.6 Å². The molecule has 0 atom stereocenters. The van der Waals surface area contributed by atoms with Gasteiger partial charge in [-0.05, 0) is 36.3 Å². The summed E-state index contributed by atoms with van der Waals surface area (Å²) in [5, 5.41) is 2.95. The number of hydrogen-bond acceptors (Lipinski definition) is 3. The third-order valence-electron chi connectivity index (χ3n) is 4.24. The van der Waals surface area contributed by atoms with E-state index in [0.717, 1.165) is 20.0 Å². The Morgan fingerprint density at radius 2 is 2.00 bits per heavy atom. The van der Waals surface area contributed by atoms with Crippen LogP contribution in [0, 0.1) is 23.0 Å². The van der Waals surface area contributed by atoms with Gasteiger partial charge in [-0.15, -0.1) is 0 Å². The predicted octanol–water partition coefficient (Wildman–Crippen LogP) is 3.60. The Morgan fingerprint density at radius 3 is 2.50 bits per heavy atom. The van der Waals surface area contributed by atoms with Crippen molar-refractivity contribution in [2.24, 2.45) is 11.3 Å². The summed E-state index contributed by atoms with van der Waals surface area (Å²) in [7, 11) is 1.13. The lowest BCUT2D eigenvalue weighted by Crippen LogP contribution is -2.21. The highest BCUT2D eigenvalue weighted by molar-refractivity contribution is 5.90. The number of carbonyl (C=O) groups excluding carboxylic acids is 1. The van der Waals surface area contributed by atoms with Crippen molar-refractivity contribution >= 4 is 11.7 Å². The maximum Gasteiger partial charge on any atom is 0.340 e. The van der Waals surface area contributed by atoms with E-state index < -0.39 is 17.6 Å². The number of carbonyl (C=O) groups is 1. The predicted molar refractivity (Wildman–Crippen MR) is 72.7 cm³/mol. The molecule has 0 radical (unpaired) electrons. The molecule has 0 amide bonds. The molecule has 1 saturated carbocycles. The average Bonchev–Trinajstić information content (AvgIpc) is 3.21. The topological polar surface area (TPSA) is 38.3 Å². The molecule has 0 heterocycles. The standard InChI is InChI=1S/C15H19F2NO2/c1-9(2)15(6-7-15)8-18-11-5-4-10(14(19)20-3)12(16)13(11)17/h4-5,9,18H,6-8H2,1-3H3. The van der Waals surface area contributed by atoms with Gasteiger partial charge in [-0.1, -0.05) is 13.8 Å². The van der Waals surface area contributed by atoms with E-state index in [1.165, 1.54) is 12.1 Å². The van der Waals surface area contributed by atoms with Crippen LogP contribution in [0.1, 0.15) is 37.0 Å². The van der Waals surface area contributed by atoms with E-state index in [1.807, 2.05) is 0 Å². The summed E-state index contributed by atoms with van der Waals surface area (Å²) in [5.41, 5.74) is -0.119. The first kappa shape index (κ1) is 14.8. The Labute approximate surface area is 117 Å². The molecule has 2 rings (SSSR count). The Balaban J connectivity index is 2.14. The van der Waals surface area contributed by atoms with Crippen LogP contribution in [0.25, 0.3) is 0 Å². The quantitative estimate of drug-likeness (QED) is 0.839. The minimum Gasteiger partial charge on any atom is -0.465 e. The molecule has 1 aliphatic rings. The minimum absolute atomic E-state index is 0.0853. The molecule has 0 aromatic heterocycles. The van der Waals surface area contributed by atoms with Gasteiger partial charge in [0.1, 0.15) is 0 Å². The van der Waals surface area contributed by atoms with E-state index in [-0.39, 0.29) is 16.7 Å². The molecule has 0 aliphatic heterocycles. The summed E-state index contributed by atoms with van der Waals surface area (Å²) in [5.74, 6) is -2.59. The maximum absolute atomic E-state index is 13.9. The average molecular weight is 283 g/mol. The van der Waals surface area contributed by atoms with Crippen molar-refractivity contribution in [1.82, 2.24) is 0 Å². The lowest BCUT2D eigenvalue weighted by Gasteiger charge is -2.21. The van der Waals surface area contributed by atoms with Gasteiger partial charge in [-0.3, -0.25) is 0 Å². The Kier molecular flexibility index (Phi) is 3.97. The van der Waals surface area contributed by atoms with Gasteiger partial charge >= 0.3 is 5.97 Å². The van der Waals surface area contributed by atoms with Crippen molar-refractivity contribution in [1.29, 1.82) is 0 Å². The number of nitrogens with one attached hydrogen (secondary N) is 1. The second-order valence-corrected chi connectivity index (χ2v) is 5.65. The van der Waals surface area contributed by atoms with E-state index in [1.54, 1.807) is 0 Å². The molecule has 1 aromatic carbocycles. The van der Waals surface area contributed by atoms with Gasteiger partial charge in [-0.25, -0.2) is 13.6 Å². The zero-order valence-corrected chi connectivity index (χ0v) is 11.9. The van der Waals surface area contributed by atoms with Gasteiger partial charge in [0, 0.05) is 6.54 Å². The van der Waals surface area contributed by atoms with Gasteiger partial charge in [-0.2, -0.15) is 0 Å². The highest BCUT2D eigenvalue weighted by Crippen LogP contribution is 2.51. The third kappa shape index (κ3) is 2.62. The van der Waals surface area contributed by atoms with Crippen LogP contribution in [-0.2, 0) is 4.74 Å². The Hall–Kier alpha value is -1.65. The van der Waals surface area contributed by atoms with E-state index in [2.05, 4.69) is 23.9 Å². The Bertz CT molecular complexity index is 525. The molecule has 3 nitrogen and oxygen atoms in total. The van der Waals surface area contributed by atoms with Crippen LogP contribution in [0.3, 0.4) is 0 Å². The fourth-order valence-corrected chi connectivity index (χ4v) is 2.34. The number of esters is 1.